The lowest BCUT2D eigenvalue weighted by atomic mass is 10.2. The van der Waals surface area contributed by atoms with Crippen LogP contribution in [0.15, 0.2) is 60.7 Å². The summed E-state index contributed by atoms with van der Waals surface area (Å²) in [6.45, 7) is 6.52. The molecule has 0 spiro atoms. The Balaban J connectivity index is 2.62. The van der Waals surface area contributed by atoms with Gasteiger partial charge in [-0.3, -0.25) is 4.79 Å². The molecule has 0 aliphatic heterocycles. The zero-order chi connectivity index (χ0) is 19.9. The first-order chi connectivity index (χ1) is 12.8. The molecule has 0 radical (unpaired) electrons. The lowest BCUT2D eigenvalue weighted by molar-refractivity contribution is -0.142. The number of carbonyl (C=O) groups excluding carboxylic acids is 1. The third-order valence-corrected chi connectivity index (χ3v) is 9.93. The van der Waals surface area contributed by atoms with Gasteiger partial charge in [-0.25, -0.2) is 0 Å². The van der Waals surface area contributed by atoms with Crippen LogP contribution in [0.5, 0.6) is 0 Å². The van der Waals surface area contributed by atoms with Crippen molar-refractivity contribution < 1.29 is 19.1 Å². The number of ether oxygens (including phenoxy) is 1. The molecule has 0 saturated carbocycles. The van der Waals surface area contributed by atoms with Crippen LogP contribution in [0.4, 0.5) is 0 Å². The van der Waals surface area contributed by atoms with Crippen molar-refractivity contribution in [3.05, 3.63) is 60.7 Å². The Morgan fingerprint density at radius 2 is 1.48 bits per heavy atom. The van der Waals surface area contributed by atoms with Gasteiger partial charge in [0, 0.05) is 6.61 Å². The van der Waals surface area contributed by atoms with Gasteiger partial charge >= 0.3 is 5.97 Å². The molecule has 2 rings (SSSR count). The first kappa shape index (κ1) is 21.3. The van der Waals surface area contributed by atoms with Crippen LogP contribution in [0.3, 0.4) is 0 Å². The first-order valence-electron chi connectivity index (χ1n) is 9.31. The summed E-state index contributed by atoms with van der Waals surface area (Å²) < 4.78 is 11.7. The molecule has 5 heteroatoms. The molecule has 2 aromatic carbocycles. The van der Waals surface area contributed by atoms with Crippen LogP contribution in [0.25, 0.3) is 0 Å². The molecule has 0 unspecified atom stereocenters. The van der Waals surface area contributed by atoms with Crippen molar-refractivity contribution in [2.24, 2.45) is 0 Å². The maximum absolute atomic E-state index is 11.9. The number of hydrogen-bond acceptors (Lipinski definition) is 4. The normalized spacial score (nSPS) is 13.2. The maximum atomic E-state index is 11.9. The predicted octanol–water partition coefficient (Wildman–Crippen LogP) is 2.88. The van der Waals surface area contributed by atoms with Gasteiger partial charge in [-0.1, -0.05) is 81.4 Å². The molecule has 0 heterocycles. The highest BCUT2D eigenvalue weighted by molar-refractivity contribution is 6.99. The molecule has 0 aromatic heterocycles. The molecular weight excluding hydrogens is 356 g/mol. The summed E-state index contributed by atoms with van der Waals surface area (Å²) in [7, 11) is -1.37. The van der Waals surface area contributed by atoms with Gasteiger partial charge in [0.15, 0.2) is 0 Å². The highest BCUT2D eigenvalue weighted by Crippen LogP contribution is 2.38. The molecule has 0 fully saturated rings. The van der Waals surface area contributed by atoms with Gasteiger partial charge < -0.3 is 14.3 Å². The Morgan fingerprint density at radius 3 is 1.85 bits per heavy atom. The molecule has 146 valence electrons. The SMILES string of the molecule is COC(=O)C[C@H](CCO)O[Si](c1ccccc1)(c1ccccc1)C(C)(C)C. The van der Waals surface area contributed by atoms with Crippen LogP contribution < -0.4 is 10.4 Å². The van der Waals surface area contributed by atoms with Gasteiger partial charge in [0.25, 0.3) is 8.32 Å². The molecule has 4 nitrogen and oxygen atoms in total. The molecule has 2 aromatic rings. The molecular formula is C22H30O4Si. The van der Waals surface area contributed by atoms with Crippen LogP contribution in [-0.2, 0) is 14.0 Å². The van der Waals surface area contributed by atoms with Crippen molar-refractivity contribution >= 4 is 24.7 Å². The van der Waals surface area contributed by atoms with E-state index in [0.717, 1.165) is 10.4 Å². The van der Waals surface area contributed by atoms with Gasteiger partial charge in [0.1, 0.15) is 0 Å². The quantitative estimate of drug-likeness (QED) is 0.560. The van der Waals surface area contributed by atoms with E-state index in [1.54, 1.807) is 0 Å². The number of rotatable bonds is 8. The average Bonchev–Trinajstić information content (AvgIpc) is 2.66. The van der Waals surface area contributed by atoms with E-state index in [2.05, 4.69) is 45.0 Å². The standard InChI is InChI=1S/C22H30O4Si/c1-22(2,3)27(19-11-7-5-8-12-19,20-13-9-6-10-14-20)26-18(15-16-23)17-21(24)25-4/h5-14,18,23H,15-17H2,1-4H3/t18-/m0/s1. The van der Waals surface area contributed by atoms with Crippen LogP contribution in [-0.4, -0.2) is 39.2 Å². The number of carbonyl (C=O) groups is 1. The summed E-state index contributed by atoms with van der Waals surface area (Å²) in [6.07, 6.45) is 0.106. The topological polar surface area (TPSA) is 55.8 Å². The summed E-state index contributed by atoms with van der Waals surface area (Å²) in [5.74, 6) is -0.327. The van der Waals surface area contributed by atoms with E-state index in [-0.39, 0.29) is 24.0 Å². The van der Waals surface area contributed by atoms with Crippen LogP contribution in [0.1, 0.15) is 33.6 Å². The second kappa shape index (κ2) is 9.31. The molecule has 1 atom stereocenters. The Bertz CT molecular complexity index is 671. The van der Waals surface area contributed by atoms with Crippen LogP contribution in [0.2, 0.25) is 5.04 Å². The minimum Gasteiger partial charge on any atom is -0.469 e. The van der Waals surface area contributed by atoms with E-state index in [1.807, 2.05) is 36.4 Å². The fourth-order valence-corrected chi connectivity index (χ4v) is 8.27. The number of aliphatic hydroxyl groups excluding tert-OH is 1. The van der Waals surface area contributed by atoms with E-state index in [9.17, 15) is 9.90 Å². The van der Waals surface area contributed by atoms with Gasteiger partial charge in [0.2, 0.25) is 0 Å². The van der Waals surface area contributed by atoms with E-state index >= 15 is 0 Å². The van der Waals surface area contributed by atoms with E-state index in [0.29, 0.717) is 6.42 Å². The smallest absolute Gasteiger partial charge is 0.308 e. The molecule has 0 saturated heterocycles. The van der Waals surface area contributed by atoms with E-state index in [4.69, 9.17) is 9.16 Å². The summed E-state index contributed by atoms with van der Waals surface area (Å²) >= 11 is 0. The van der Waals surface area contributed by atoms with Crippen molar-refractivity contribution in [1.29, 1.82) is 0 Å². The highest BCUT2D eigenvalue weighted by Gasteiger charge is 2.51. The maximum Gasteiger partial charge on any atom is 0.308 e. The van der Waals surface area contributed by atoms with Crippen molar-refractivity contribution in [3.63, 3.8) is 0 Å². The highest BCUT2D eigenvalue weighted by atomic mass is 28.4. The summed E-state index contributed by atoms with van der Waals surface area (Å²) in [5, 5.41) is 11.7. The second-order valence-corrected chi connectivity index (χ2v) is 11.9. The van der Waals surface area contributed by atoms with Crippen molar-refractivity contribution in [2.75, 3.05) is 13.7 Å². The summed E-state index contributed by atoms with van der Waals surface area (Å²) in [4.78, 5) is 11.9. The van der Waals surface area contributed by atoms with Gasteiger partial charge in [-0.2, -0.15) is 0 Å². The minimum absolute atomic E-state index is 0.0418. The summed E-state index contributed by atoms with van der Waals surface area (Å²) in [6, 6.07) is 20.5. The van der Waals surface area contributed by atoms with Crippen molar-refractivity contribution in [1.82, 2.24) is 0 Å². The van der Waals surface area contributed by atoms with Gasteiger partial charge in [0.05, 0.1) is 19.6 Å². The number of aliphatic hydroxyl groups is 1. The summed E-state index contributed by atoms with van der Waals surface area (Å²) in [5.41, 5.74) is 0. The van der Waals surface area contributed by atoms with Gasteiger partial charge in [-0.05, 0) is 21.8 Å². The van der Waals surface area contributed by atoms with Crippen LogP contribution >= 0.6 is 0 Å². The zero-order valence-electron chi connectivity index (χ0n) is 16.6. The molecule has 0 bridgehead atoms. The zero-order valence-corrected chi connectivity index (χ0v) is 17.6. The number of benzene rings is 2. The molecule has 27 heavy (non-hydrogen) atoms. The number of methoxy groups -OCH3 is 1. The third kappa shape index (κ3) is 4.86. The third-order valence-electron chi connectivity index (χ3n) is 4.83. The monoisotopic (exact) mass is 386 g/mol. The lowest BCUT2D eigenvalue weighted by Crippen LogP contribution is -2.67. The van der Waals surface area contributed by atoms with Crippen molar-refractivity contribution in [2.45, 2.75) is 44.8 Å². The van der Waals surface area contributed by atoms with Gasteiger partial charge in [-0.15, -0.1) is 0 Å². The molecule has 1 N–H and O–H groups in total. The molecule has 0 aliphatic rings. The van der Waals surface area contributed by atoms with Crippen LogP contribution in [0, 0.1) is 0 Å². The Morgan fingerprint density at radius 1 is 1.00 bits per heavy atom. The largest absolute Gasteiger partial charge is 0.469 e. The van der Waals surface area contributed by atoms with E-state index < -0.39 is 14.4 Å². The Hall–Kier alpha value is -1.95. The fraction of sp³-hybridized carbons (Fsp3) is 0.409. The van der Waals surface area contributed by atoms with Crippen molar-refractivity contribution in [3.8, 4) is 0 Å². The molecule has 0 amide bonds. The second-order valence-electron chi connectivity index (χ2n) is 7.70. The fourth-order valence-electron chi connectivity index (χ4n) is 3.56. The Kier molecular flexibility index (Phi) is 7.36. The lowest BCUT2D eigenvalue weighted by Gasteiger charge is -2.45. The Labute approximate surface area is 163 Å². The molecule has 0 aliphatic carbocycles. The predicted molar refractivity (Wildman–Crippen MR) is 111 cm³/mol. The average molecular weight is 387 g/mol. The van der Waals surface area contributed by atoms with E-state index in [1.165, 1.54) is 7.11 Å². The first-order valence-corrected chi connectivity index (χ1v) is 11.2. The minimum atomic E-state index is -2.75. The number of esters is 1. The number of hydrogen-bond donors (Lipinski definition) is 1.